The molecule has 0 saturated carbocycles. The molecule has 0 radical (unpaired) electrons. The lowest BCUT2D eigenvalue weighted by Gasteiger charge is -2.37. The number of likely N-dealkylation sites (tertiary alicyclic amines) is 1. The molecule has 3 aliphatic heterocycles. The summed E-state index contributed by atoms with van der Waals surface area (Å²) in [6.45, 7) is 6.83. The fourth-order valence-electron chi connectivity index (χ4n) is 4.02. The number of halogens is 1. The third kappa shape index (κ3) is 2.03. The normalized spacial score (nSPS) is 43.3. The average molecular weight is 307 g/mol. The van der Waals surface area contributed by atoms with Crippen molar-refractivity contribution < 1.29 is 18.6 Å². The maximum absolute atomic E-state index is 14.5. The molecule has 5 heteroatoms. The molecule has 0 amide bonds. The summed E-state index contributed by atoms with van der Waals surface area (Å²) in [6, 6.07) is 10.1. The Bertz CT molecular complexity index is 566. The van der Waals surface area contributed by atoms with Crippen LogP contribution in [0.25, 0.3) is 0 Å². The molecular weight excluding hydrogens is 285 g/mol. The van der Waals surface area contributed by atoms with Gasteiger partial charge < -0.3 is 14.2 Å². The molecule has 1 aromatic carbocycles. The Kier molecular flexibility index (Phi) is 3.14. The van der Waals surface area contributed by atoms with E-state index in [1.165, 1.54) is 5.56 Å². The van der Waals surface area contributed by atoms with E-state index >= 15 is 0 Å². The molecule has 3 saturated heterocycles. The van der Waals surface area contributed by atoms with Gasteiger partial charge in [0, 0.05) is 13.1 Å². The van der Waals surface area contributed by atoms with Gasteiger partial charge in [0.2, 0.25) is 0 Å². The van der Waals surface area contributed by atoms with E-state index in [-0.39, 0.29) is 6.10 Å². The summed E-state index contributed by atoms with van der Waals surface area (Å²) < 4.78 is 32.2. The molecule has 22 heavy (non-hydrogen) atoms. The summed E-state index contributed by atoms with van der Waals surface area (Å²) in [5.74, 6) is -0.684. The Hall–Kier alpha value is -1.01. The quantitative estimate of drug-likeness (QED) is 0.840. The number of alkyl halides is 1. The summed E-state index contributed by atoms with van der Waals surface area (Å²) in [6.07, 6.45) is -2.27. The van der Waals surface area contributed by atoms with Crippen molar-refractivity contribution in [3.05, 3.63) is 35.9 Å². The summed E-state index contributed by atoms with van der Waals surface area (Å²) in [5.41, 5.74) is 0.659. The van der Waals surface area contributed by atoms with Gasteiger partial charge in [-0.3, -0.25) is 4.90 Å². The van der Waals surface area contributed by atoms with Crippen LogP contribution in [0.3, 0.4) is 0 Å². The molecule has 120 valence electrons. The molecule has 4 nitrogen and oxygen atoms in total. The molecule has 0 spiro atoms. The molecule has 3 aliphatic rings. The maximum atomic E-state index is 14.5. The molecule has 5 atom stereocenters. The minimum absolute atomic E-state index is 0.267. The lowest BCUT2D eigenvalue weighted by atomic mass is 9.90. The molecule has 0 N–H and O–H groups in total. The number of rotatable bonds is 2. The predicted octanol–water partition coefficient (Wildman–Crippen LogP) is 2.48. The van der Waals surface area contributed by atoms with E-state index in [0.717, 1.165) is 0 Å². The van der Waals surface area contributed by atoms with Gasteiger partial charge in [-0.15, -0.1) is 0 Å². The minimum Gasteiger partial charge on any atom is -0.341 e. The van der Waals surface area contributed by atoms with E-state index in [0.29, 0.717) is 13.1 Å². The number of ether oxygens (including phenoxy) is 3. The first kappa shape index (κ1) is 14.6. The van der Waals surface area contributed by atoms with Crippen molar-refractivity contribution in [2.75, 3.05) is 6.54 Å². The lowest BCUT2D eigenvalue weighted by molar-refractivity contribution is -0.216. The molecule has 3 fully saturated rings. The Morgan fingerprint density at radius 1 is 1.14 bits per heavy atom. The Balaban J connectivity index is 1.63. The summed E-state index contributed by atoms with van der Waals surface area (Å²) in [4.78, 5) is 2.15. The maximum Gasteiger partial charge on any atom is 0.189 e. The van der Waals surface area contributed by atoms with E-state index in [1.807, 2.05) is 39.0 Å². The topological polar surface area (TPSA) is 30.9 Å². The van der Waals surface area contributed by atoms with Gasteiger partial charge >= 0.3 is 0 Å². The highest BCUT2D eigenvalue weighted by molar-refractivity contribution is 5.20. The van der Waals surface area contributed by atoms with Crippen molar-refractivity contribution in [2.24, 2.45) is 0 Å². The van der Waals surface area contributed by atoms with Crippen LogP contribution >= 0.6 is 0 Å². The van der Waals surface area contributed by atoms with Crippen LogP contribution in [-0.2, 0) is 20.8 Å². The molecule has 0 bridgehead atoms. The highest BCUT2D eigenvalue weighted by atomic mass is 19.1. The summed E-state index contributed by atoms with van der Waals surface area (Å²) in [5, 5.41) is 0. The third-order valence-corrected chi connectivity index (χ3v) is 5.11. The van der Waals surface area contributed by atoms with Crippen LogP contribution in [0, 0.1) is 0 Å². The number of fused-ring (bicyclic) bond motifs is 3. The molecule has 1 unspecified atom stereocenters. The third-order valence-electron chi connectivity index (χ3n) is 5.11. The second-order valence-corrected chi connectivity index (χ2v) is 7.09. The van der Waals surface area contributed by atoms with Gasteiger partial charge in [-0.05, 0) is 26.3 Å². The van der Waals surface area contributed by atoms with Gasteiger partial charge in [0.15, 0.2) is 12.1 Å². The number of hydrogen-bond donors (Lipinski definition) is 0. The van der Waals surface area contributed by atoms with Crippen molar-refractivity contribution in [3.63, 3.8) is 0 Å². The molecular formula is C17H22FNO3. The monoisotopic (exact) mass is 307 g/mol. The number of nitrogens with zero attached hydrogens (tertiary/aromatic N) is 1. The Labute approximate surface area is 130 Å². The standard InChI is InChI=1S/C17H22FNO3/c1-16(2)21-14-15(22-16)20-13-12(18)10-19(17(13,14)3)9-11-7-5-4-6-8-11/h4-8,12-15H,9-10H2,1-3H3/t12-,13-,14+,15-,17?/m1/s1. The smallest absolute Gasteiger partial charge is 0.189 e. The van der Waals surface area contributed by atoms with Crippen molar-refractivity contribution in [2.45, 2.75) is 63.3 Å². The van der Waals surface area contributed by atoms with Crippen LogP contribution in [0.15, 0.2) is 30.3 Å². The van der Waals surface area contributed by atoms with Gasteiger partial charge in [-0.2, -0.15) is 0 Å². The average Bonchev–Trinajstić information content (AvgIpc) is 2.99. The SMILES string of the molecule is CC1(C)O[C@H]2O[C@@H]3[C@H](F)CN(Cc4ccccc4)C3(C)[C@H]2O1. The van der Waals surface area contributed by atoms with E-state index in [4.69, 9.17) is 14.2 Å². The largest absolute Gasteiger partial charge is 0.341 e. The Morgan fingerprint density at radius 3 is 2.59 bits per heavy atom. The first-order chi connectivity index (χ1) is 10.4. The van der Waals surface area contributed by atoms with Crippen LogP contribution in [0.4, 0.5) is 4.39 Å². The fraction of sp³-hybridized carbons (Fsp3) is 0.647. The van der Waals surface area contributed by atoms with E-state index in [9.17, 15) is 4.39 Å². The van der Waals surface area contributed by atoms with Crippen molar-refractivity contribution in [1.29, 1.82) is 0 Å². The van der Waals surface area contributed by atoms with E-state index < -0.39 is 29.9 Å². The second-order valence-electron chi connectivity index (χ2n) is 7.09. The van der Waals surface area contributed by atoms with Crippen LogP contribution in [0.5, 0.6) is 0 Å². The zero-order chi connectivity index (χ0) is 15.5. The van der Waals surface area contributed by atoms with E-state index in [1.54, 1.807) is 0 Å². The van der Waals surface area contributed by atoms with Crippen LogP contribution in [0.1, 0.15) is 26.3 Å². The Morgan fingerprint density at radius 2 is 1.86 bits per heavy atom. The van der Waals surface area contributed by atoms with Gasteiger partial charge in [0.05, 0.1) is 5.54 Å². The van der Waals surface area contributed by atoms with Gasteiger partial charge in [-0.1, -0.05) is 30.3 Å². The van der Waals surface area contributed by atoms with Gasteiger partial charge in [0.25, 0.3) is 0 Å². The molecule has 0 aliphatic carbocycles. The lowest BCUT2D eigenvalue weighted by Crippen LogP contribution is -2.54. The first-order valence-electron chi connectivity index (χ1n) is 7.84. The van der Waals surface area contributed by atoms with Crippen LogP contribution in [0.2, 0.25) is 0 Å². The second kappa shape index (κ2) is 4.74. The van der Waals surface area contributed by atoms with Crippen molar-refractivity contribution in [1.82, 2.24) is 4.90 Å². The van der Waals surface area contributed by atoms with Crippen molar-refractivity contribution in [3.8, 4) is 0 Å². The van der Waals surface area contributed by atoms with Crippen LogP contribution in [-0.4, -0.2) is 47.4 Å². The highest BCUT2D eigenvalue weighted by Crippen LogP contribution is 2.50. The van der Waals surface area contributed by atoms with Gasteiger partial charge in [-0.25, -0.2) is 4.39 Å². The molecule has 0 aromatic heterocycles. The summed E-state index contributed by atoms with van der Waals surface area (Å²) in [7, 11) is 0. The van der Waals surface area contributed by atoms with Crippen molar-refractivity contribution >= 4 is 0 Å². The van der Waals surface area contributed by atoms with Gasteiger partial charge in [0.1, 0.15) is 18.4 Å². The number of hydrogen-bond acceptors (Lipinski definition) is 4. The zero-order valence-electron chi connectivity index (χ0n) is 13.2. The summed E-state index contributed by atoms with van der Waals surface area (Å²) >= 11 is 0. The highest BCUT2D eigenvalue weighted by Gasteiger charge is 2.68. The first-order valence-corrected chi connectivity index (χ1v) is 7.84. The molecule has 1 aromatic rings. The predicted molar refractivity (Wildman–Crippen MR) is 78.9 cm³/mol. The fourth-order valence-corrected chi connectivity index (χ4v) is 4.02. The molecule has 4 rings (SSSR count). The molecule has 3 heterocycles. The minimum atomic E-state index is -1.02. The number of benzene rings is 1. The van der Waals surface area contributed by atoms with Crippen LogP contribution < -0.4 is 0 Å². The zero-order valence-corrected chi connectivity index (χ0v) is 13.2. The van der Waals surface area contributed by atoms with E-state index in [2.05, 4.69) is 17.0 Å².